The number of benzene rings is 2. The molecule has 2 aromatic carbocycles. The van der Waals surface area contributed by atoms with Gasteiger partial charge in [0.25, 0.3) is 0 Å². The standard InChI is InChI=1S/C32H38N6O3/c1-19(2)27(37-30(39)32(3,4)5)29-34-18-25(36-29)23-14-10-21(11-15-23)20-8-12-22(13-9-20)24-17-33-28(35-24)26-7-6-16-38(26)31(40)41/h8-15,17-19,26-27H,6-7,16H2,1-5H3,(H,33,35)(H,34,36)(H,37,39)(H,40,41)/t26?,27-/m0/s1. The molecule has 214 valence electrons. The first-order valence-electron chi connectivity index (χ1n) is 14.1. The number of aromatic nitrogens is 4. The molecular weight excluding hydrogens is 516 g/mol. The van der Waals surface area contributed by atoms with Gasteiger partial charge in [0.15, 0.2) is 0 Å². The van der Waals surface area contributed by atoms with Crippen molar-refractivity contribution in [1.82, 2.24) is 30.2 Å². The van der Waals surface area contributed by atoms with Gasteiger partial charge in [-0.05, 0) is 41.0 Å². The van der Waals surface area contributed by atoms with E-state index in [0.717, 1.165) is 52.3 Å². The molecule has 41 heavy (non-hydrogen) atoms. The van der Waals surface area contributed by atoms with Crippen LogP contribution in [0.2, 0.25) is 0 Å². The van der Waals surface area contributed by atoms with Crippen LogP contribution in [0.4, 0.5) is 4.79 Å². The third-order valence-electron chi connectivity index (χ3n) is 7.66. The maximum Gasteiger partial charge on any atom is 0.407 e. The number of nitrogens with one attached hydrogen (secondary N) is 3. The molecule has 0 bridgehead atoms. The molecule has 2 amide bonds. The van der Waals surface area contributed by atoms with Crippen molar-refractivity contribution in [3.63, 3.8) is 0 Å². The smallest absolute Gasteiger partial charge is 0.407 e. The maximum absolute atomic E-state index is 12.6. The molecule has 4 N–H and O–H groups in total. The maximum atomic E-state index is 12.6. The largest absolute Gasteiger partial charge is 0.465 e. The molecule has 0 spiro atoms. The molecule has 1 aliphatic rings. The SMILES string of the molecule is CC(C)[C@H](NC(=O)C(C)(C)C)c1ncc(-c2ccc(-c3ccc(-c4cnc(C5CCCN5C(=O)O)[nH]4)cc3)cc2)[nH]1. The summed E-state index contributed by atoms with van der Waals surface area (Å²) in [6, 6.07) is 16.1. The molecule has 1 saturated heterocycles. The van der Waals surface area contributed by atoms with Crippen LogP contribution < -0.4 is 5.32 Å². The van der Waals surface area contributed by atoms with Crippen LogP contribution in [-0.2, 0) is 4.79 Å². The third kappa shape index (κ3) is 6.04. The number of likely N-dealkylation sites (tertiary alicyclic amines) is 1. The van der Waals surface area contributed by atoms with Crippen molar-refractivity contribution < 1.29 is 14.7 Å². The van der Waals surface area contributed by atoms with E-state index >= 15 is 0 Å². The number of imidazole rings is 2. The molecule has 2 aromatic heterocycles. The van der Waals surface area contributed by atoms with Gasteiger partial charge in [0.1, 0.15) is 11.6 Å². The van der Waals surface area contributed by atoms with Gasteiger partial charge in [0, 0.05) is 12.0 Å². The minimum absolute atomic E-state index is 0.00358. The molecule has 9 heteroatoms. The van der Waals surface area contributed by atoms with Crippen molar-refractivity contribution in [2.24, 2.45) is 11.3 Å². The van der Waals surface area contributed by atoms with Crippen molar-refractivity contribution in [3.8, 4) is 33.6 Å². The first-order valence-corrected chi connectivity index (χ1v) is 14.1. The van der Waals surface area contributed by atoms with Crippen molar-refractivity contribution in [2.75, 3.05) is 6.54 Å². The van der Waals surface area contributed by atoms with E-state index in [0.29, 0.717) is 12.4 Å². The van der Waals surface area contributed by atoms with Gasteiger partial charge in [-0.25, -0.2) is 14.8 Å². The third-order valence-corrected chi connectivity index (χ3v) is 7.66. The molecule has 4 aromatic rings. The average Bonchev–Trinajstić information content (AvgIpc) is 3.71. The molecule has 5 rings (SSSR count). The number of hydrogen-bond acceptors (Lipinski definition) is 4. The van der Waals surface area contributed by atoms with Gasteiger partial charge in [-0.15, -0.1) is 0 Å². The van der Waals surface area contributed by atoms with E-state index in [1.54, 1.807) is 6.20 Å². The Kier molecular flexibility index (Phi) is 7.71. The van der Waals surface area contributed by atoms with E-state index in [1.807, 2.05) is 39.1 Å². The van der Waals surface area contributed by atoms with Crippen molar-refractivity contribution in [2.45, 2.75) is 59.5 Å². The minimum atomic E-state index is -0.905. The lowest BCUT2D eigenvalue weighted by Crippen LogP contribution is -2.39. The fraction of sp³-hybridized carbons (Fsp3) is 0.375. The zero-order valence-corrected chi connectivity index (χ0v) is 24.2. The molecular formula is C32H38N6O3. The molecule has 1 aliphatic heterocycles. The Balaban J connectivity index is 1.28. The molecule has 2 atom stereocenters. The summed E-state index contributed by atoms with van der Waals surface area (Å²) in [4.78, 5) is 41.4. The number of aromatic amines is 2. The minimum Gasteiger partial charge on any atom is -0.465 e. The summed E-state index contributed by atoms with van der Waals surface area (Å²) >= 11 is 0. The number of rotatable bonds is 7. The second-order valence-corrected chi connectivity index (χ2v) is 12.1. The molecule has 0 saturated carbocycles. The highest BCUT2D eigenvalue weighted by Crippen LogP contribution is 2.32. The Hall–Kier alpha value is -4.40. The monoisotopic (exact) mass is 554 g/mol. The van der Waals surface area contributed by atoms with E-state index in [9.17, 15) is 14.7 Å². The van der Waals surface area contributed by atoms with Crippen LogP contribution >= 0.6 is 0 Å². The topological polar surface area (TPSA) is 127 Å². The number of hydrogen-bond donors (Lipinski definition) is 4. The summed E-state index contributed by atoms with van der Waals surface area (Å²) in [5.74, 6) is 1.62. The number of carbonyl (C=O) groups excluding carboxylic acids is 1. The summed E-state index contributed by atoms with van der Waals surface area (Å²) in [5.41, 5.74) is 5.48. The zero-order valence-electron chi connectivity index (χ0n) is 24.2. The normalized spacial score (nSPS) is 16.2. The van der Waals surface area contributed by atoms with E-state index < -0.39 is 11.5 Å². The quantitative estimate of drug-likeness (QED) is 0.200. The van der Waals surface area contributed by atoms with Crippen LogP contribution in [0.3, 0.4) is 0 Å². The van der Waals surface area contributed by atoms with Crippen LogP contribution in [0.25, 0.3) is 33.6 Å². The van der Waals surface area contributed by atoms with Gasteiger partial charge >= 0.3 is 6.09 Å². The lowest BCUT2D eigenvalue weighted by molar-refractivity contribution is -0.129. The Labute approximate surface area is 240 Å². The number of H-pyrrole nitrogens is 2. The predicted molar refractivity (Wildman–Crippen MR) is 159 cm³/mol. The Bertz CT molecular complexity index is 1510. The summed E-state index contributed by atoms with van der Waals surface area (Å²) in [7, 11) is 0. The van der Waals surface area contributed by atoms with E-state index in [-0.39, 0.29) is 23.9 Å². The van der Waals surface area contributed by atoms with Crippen molar-refractivity contribution in [3.05, 3.63) is 72.6 Å². The molecule has 0 aliphatic carbocycles. The van der Waals surface area contributed by atoms with Crippen LogP contribution in [0, 0.1) is 11.3 Å². The van der Waals surface area contributed by atoms with Crippen LogP contribution in [0.1, 0.15) is 71.2 Å². The molecule has 1 fully saturated rings. The fourth-order valence-corrected chi connectivity index (χ4v) is 5.17. The van der Waals surface area contributed by atoms with Gasteiger partial charge in [-0.1, -0.05) is 83.1 Å². The lowest BCUT2D eigenvalue weighted by atomic mass is 9.94. The Morgan fingerprint density at radius 2 is 1.44 bits per heavy atom. The van der Waals surface area contributed by atoms with Gasteiger partial charge in [-0.2, -0.15) is 0 Å². The molecule has 3 heterocycles. The first kappa shape index (κ1) is 28.1. The highest BCUT2D eigenvalue weighted by molar-refractivity contribution is 5.81. The number of carboxylic acid groups (broad SMARTS) is 1. The molecule has 9 nitrogen and oxygen atoms in total. The lowest BCUT2D eigenvalue weighted by Gasteiger charge is -2.25. The van der Waals surface area contributed by atoms with Gasteiger partial charge < -0.3 is 20.4 Å². The van der Waals surface area contributed by atoms with Gasteiger partial charge in [0.2, 0.25) is 5.91 Å². The molecule has 1 unspecified atom stereocenters. The summed E-state index contributed by atoms with van der Waals surface area (Å²) < 4.78 is 0. The Morgan fingerprint density at radius 1 is 0.902 bits per heavy atom. The van der Waals surface area contributed by atoms with E-state index in [1.165, 1.54) is 4.90 Å². The first-order chi connectivity index (χ1) is 19.5. The summed E-state index contributed by atoms with van der Waals surface area (Å²) in [6.07, 6.45) is 4.31. The second-order valence-electron chi connectivity index (χ2n) is 12.1. The number of amides is 2. The van der Waals surface area contributed by atoms with Crippen molar-refractivity contribution >= 4 is 12.0 Å². The highest BCUT2D eigenvalue weighted by atomic mass is 16.4. The molecule has 0 radical (unpaired) electrons. The van der Waals surface area contributed by atoms with Gasteiger partial charge in [0.05, 0.1) is 35.9 Å². The van der Waals surface area contributed by atoms with Crippen molar-refractivity contribution in [1.29, 1.82) is 0 Å². The number of carbonyl (C=O) groups is 2. The highest BCUT2D eigenvalue weighted by Gasteiger charge is 2.32. The average molecular weight is 555 g/mol. The summed E-state index contributed by atoms with van der Waals surface area (Å²) in [6.45, 7) is 10.4. The van der Waals surface area contributed by atoms with Crippen LogP contribution in [0.5, 0.6) is 0 Å². The summed E-state index contributed by atoms with van der Waals surface area (Å²) in [5, 5.41) is 12.6. The van der Waals surface area contributed by atoms with Gasteiger partial charge in [-0.3, -0.25) is 9.69 Å². The van der Waals surface area contributed by atoms with Crippen LogP contribution in [-0.4, -0.2) is 48.5 Å². The predicted octanol–water partition coefficient (Wildman–Crippen LogP) is 6.81. The zero-order chi connectivity index (χ0) is 29.3. The van der Waals surface area contributed by atoms with E-state index in [2.05, 4.69) is 75.5 Å². The van der Waals surface area contributed by atoms with E-state index in [4.69, 9.17) is 0 Å². The van der Waals surface area contributed by atoms with Crippen LogP contribution in [0.15, 0.2) is 60.9 Å². The number of nitrogens with zero attached hydrogens (tertiary/aromatic N) is 3. The fourth-order valence-electron chi connectivity index (χ4n) is 5.17. The second kappa shape index (κ2) is 11.2. The Morgan fingerprint density at radius 3 is 1.98 bits per heavy atom.